The van der Waals surface area contributed by atoms with E-state index in [4.69, 9.17) is 9.78 Å². The molecule has 2 amide bonds. The Balaban J connectivity index is 1.70. The molecule has 0 spiro atoms. The van der Waals surface area contributed by atoms with Crippen LogP contribution in [0.25, 0.3) is 0 Å². The zero-order chi connectivity index (χ0) is 18.2. The normalized spacial score (nSPS) is 21.5. The van der Waals surface area contributed by atoms with E-state index in [1.807, 2.05) is 6.07 Å². The van der Waals surface area contributed by atoms with Gasteiger partial charge in [-0.2, -0.15) is 5.26 Å². The topological polar surface area (TPSA) is 137 Å². The predicted octanol–water partition coefficient (Wildman–Crippen LogP) is 0.469. The zero-order valence-corrected chi connectivity index (χ0v) is 13.7. The summed E-state index contributed by atoms with van der Waals surface area (Å²) in [5.41, 5.74) is -0.784. The average Bonchev–Trinajstić information content (AvgIpc) is 3.14. The molecule has 2 aliphatic rings. The highest BCUT2D eigenvalue weighted by molar-refractivity contribution is 5.93. The van der Waals surface area contributed by atoms with Crippen LogP contribution in [0.5, 0.6) is 0 Å². The van der Waals surface area contributed by atoms with E-state index in [-0.39, 0.29) is 30.0 Å². The maximum Gasteiger partial charge on any atom is 0.329 e. The van der Waals surface area contributed by atoms with Crippen molar-refractivity contribution in [1.29, 1.82) is 5.26 Å². The summed E-state index contributed by atoms with van der Waals surface area (Å²) in [4.78, 5) is 37.3. The number of nitrogens with one attached hydrogen (secondary N) is 1. The first kappa shape index (κ1) is 17.0. The van der Waals surface area contributed by atoms with E-state index in [9.17, 15) is 19.5 Å². The lowest BCUT2D eigenvalue weighted by molar-refractivity contribution is -0.175. The molecule has 9 nitrogen and oxygen atoms in total. The van der Waals surface area contributed by atoms with Crippen molar-refractivity contribution in [2.45, 2.75) is 57.2 Å². The highest BCUT2D eigenvalue weighted by atomic mass is 16.5. The van der Waals surface area contributed by atoms with Gasteiger partial charge in [-0.3, -0.25) is 9.59 Å². The van der Waals surface area contributed by atoms with Gasteiger partial charge < -0.3 is 19.8 Å². The Morgan fingerprint density at radius 1 is 1.48 bits per heavy atom. The molecule has 1 saturated carbocycles. The van der Waals surface area contributed by atoms with Crippen molar-refractivity contribution < 1.29 is 24.0 Å². The number of aliphatic carboxylic acids is 1. The number of nitriles is 1. The van der Waals surface area contributed by atoms with Crippen LogP contribution in [0, 0.1) is 18.3 Å². The Bertz CT molecular complexity index is 772. The molecule has 0 bridgehead atoms. The smallest absolute Gasteiger partial charge is 0.329 e. The number of carbonyl (C=O) groups is 3. The number of β-lactam (4-membered cyclic amide) rings is 1. The molecular weight excluding hydrogens is 328 g/mol. The summed E-state index contributed by atoms with van der Waals surface area (Å²) in [6.07, 6.45) is 1.51. The predicted molar refractivity (Wildman–Crippen MR) is 81.9 cm³/mol. The molecule has 1 saturated heterocycles. The molecule has 1 aliphatic carbocycles. The molecule has 2 fully saturated rings. The van der Waals surface area contributed by atoms with Gasteiger partial charge in [-0.05, 0) is 19.8 Å². The summed E-state index contributed by atoms with van der Waals surface area (Å²) >= 11 is 0. The Labute approximate surface area is 143 Å². The lowest BCUT2D eigenvalue weighted by atomic mass is 9.89. The number of carbonyl (C=O) groups excluding carboxylic acids is 2. The Morgan fingerprint density at radius 3 is 2.72 bits per heavy atom. The number of rotatable bonds is 5. The number of carboxylic acid groups (broad SMARTS) is 1. The van der Waals surface area contributed by atoms with Gasteiger partial charge in [0.05, 0.1) is 12.8 Å². The summed E-state index contributed by atoms with van der Waals surface area (Å²) in [6, 6.07) is 1.93. The third-order valence-corrected chi connectivity index (χ3v) is 4.94. The van der Waals surface area contributed by atoms with Crippen molar-refractivity contribution in [3.05, 3.63) is 17.0 Å². The number of likely N-dealkylation sites (tertiary alicyclic amines) is 1. The summed E-state index contributed by atoms with van der Waals surface area (Å²) in [5, 5.41) is 25.0. The molecule has 2 N–H and O–H groups in total. The average molecular weight is 346 g/mol. The number of amides is 2. The molecular formula is C16H18N4O5. The zero-order valence-electron chi connectivity index (χ0n) is 13.7. The molecule has 1 atom stereocenters. The Hall–Kier alpha value is -2.89. The lowest BCUT2D eigenvalue weighted by Gasteiger charge is -2.49. The van der Waals surface area contributed by atoms with Crippen LogP contribution >= 0.6 is 0 Å². The summed E-state index contributed by atoms with van der Waals surface area (Å²) < 4.78 is 4.90. The van der Waals surface area contributed by atoms with E-state index < -0.39 is 23.6 Å². The molecule has 2 heterocycles. The molecule has 3 rings (SSSR count). The fraction of sp³-hybridized carbons (Fsp3) is 0.562. The van der Waals surface area contributed by atoms with E-state index >= 15 is 0 Å². The second-order valence-electron chi connectivity index (χ2n) is 6.44. The van der Waals surface area contributed by atoms with Gasteiger partial charge in [0.25, 0.3) is 0 Å². The van der Waals surface area contributed by atoms with Gasteiger partial charge in [0.2, 0.25) is 11.8 Å². The van der Waals surface area contributed by atoms with E-state index in [0.717, 1.165) is 12.8 Å². The minimum absolute atomic E-state index is 0.0731. The van der Waals surface area contributed by atoms with Gasteiger partial charge in [0.15, 0.2) is 5.76 Å². The lowest BCUT2D eigenvalue weighted by Crippen LogP contribution is -2.71. The first-order chi connectivity index (χ1) is 11.9. The summed E-state index contributed by atoms with van der Waals surface area (Å²) in [7, 11) is 0. The van der Waals surface area contributed by atoms with E-state index in [1.54, 1.807) is 6.92 Å². The number of aryl methyl sites for hydroxylation is 1. The van der Waals surface area contributed by atoms with Crippen molar-refractivity contribution in [2.24, 2.45) is 0 Å². The monoisotopic (exact) mass is 346 g/mol. The second kappa shape index (κ2) is 6.20. The summed E-state index contributed by atoms with van der Waals surface area (Å²) in [5.74, 6) is -1.41. The van der Waals surface area contributed by atoms with Gasteiger partial charge in [-0.25, -0.2) is 4.79 Å². The van der Waals surface area contributed by atoms with Crippen LogP contribution in [0.15, 0.2) is 4.52 Å². The Morgan fingerprint density at radius 2 is 2.16 bits per heavy atom. The minimum Gasteiger partial charge on any atom is -0.479 e. The number of hydrogen-bond donors (Lipinski definition) is 2. The van der Waals surface area contributed by atoms with Crippen LogP contribution < -0.4 is 5.32 Å². The molecule has 1 aliphatic heterocycles. The van der Waals surface area contributed by atoms with Gasteiger partial charge in [-0.15, -0.1) is 0 Å². The van der Waals surface area contributed by atoms with Crippen molar-refractivity contribution in [3.63, 3.8) is 0 Å². The van der Waals surface area contributed by atoms with Crippen LogP contribution in [-0.4, -0.2) is 44.7 Å². The third-order valence-electron chi connectivity index (χ3n) is 4.94. The first-order valence-corrected chi connectivity index (χ1v) is 8.09. The van der Waals surface area contributed by atoms with Gasteiger partial charge in [0, 0.05) is 0 Å². The molecule has 132 valence electrons. The second-order valence-corrected chi connectivity index (χ2v) is 6.44. The Kier molecular flexibility index (Phi) is 4.20. The fourth-order valence-corrected chi connectivity index (χ4v) is 3.66. The van der Waals surface area contributed by atoms with Crippen LogP contribution in [0.2, 0.25) is 0 Å². The van der Waals surface area contributed by atoms with Crippen LogP contribution in [0.1, 0.15) is 49.1 Å². The maximum absolute atomic E-state index is 12.2. The van der Waals surface area contributed by atoms with Gasteiger partial charge in [0.1, 0.15) is 29.0 Å². The molecule has 0 aromatic carbocycles. The number of aromatic nitrogens is 1. The van der Waals surface area contributed by atoms with Crippen molar-refractivity contribution in [3.8, 4) is 6.07 Å². The maximum atomic E-state index is 12.2. The van der Waals surface area contributed by atoms with Crippen molar-refractivity contribution in [1.82, 2.24) is 15.4 Å². The minimum atomic E-state index is -1.23. The van der Waals surface area contributed by atoms with E-state index in [2.05, 4.69) is 10.5 Å². The van der Waals surface area contributed by atoms with Crippen LogP contribution in [-0.2, 0) is 20.8 Å². The highest BCUT2D eigenvalue weighted by Gasteiger charge is 2.56. The third kappa shape index (κ3) is 2.73. The van der Waals surface area contributed by atoms with Crippen molar-refractivity contribution in [2.75, 3.05) is 0 Å². The van der Waals surface area contributed by atoms with Crippen molar-refractivity contribution >= 4 is 17.8 Å². The molecule has 1 unspecified atom stereocenters. The summed E-state index contributed by atoms with van der Waals surface area (Å²) in [6.45, 7) is 1.58. The van der Waals surface area contributed by atoms with Crippen LogP contribution in [0.4, 0.5) is 0 Å². The SMILES string of the molecule is Cc1onc(CC(=O)NC2CC(=O)N2C2(C(=O)O)CCCC2)c1C#N. The molecule has 0 radical (unpaired) electrons. The van der Waals surface area contributed by atoms with Gasteiger partial charge in [-0.1, -0.05) is 18.0 Å². The standard InChI is InChI=1S/C16H18N4O5/c1-9-10(8-17)11(19-25-9)6-13(21)18-12-7-14(22)20(12)16(15(23)24)4-2-3-5-16/h12H,2-7H2,1H3,(H,18,21)(H,23,24). The number of nitrogens with zero attached hydrogens (tertiary/aromatic N) is 3. The van der Waals surface area contributed by atoms with E-state index in [0.29, 0.717) is 18.6 Å². The number of hydrogen-bond acceptors (Lipinski definition) is 6. The number of carboxylic acids is 1. The largest absolute Gasteiger partial charge is 0.479 e. The first-order valence-electron chi connectivity index (χ1n) is 8.09. The van der Waals surface area contributed by atoms with Crippen LogP contribution in [0.3, 0.4) is 0 Å². The highest BCUT2D eigenvalue weighted by Crippen LogP contribution is 2.40. The molecule has 9 heteroatoms. The molecule has 25 heavy (non-hydrogen) atoms. The molecule has 1 aromatic heterocycles. The quantitative estimate of drug-likeness (QED) is 0.739. The fourth-order valence-electron chi connectivity index (χ4n) is 3.66. The molecule has 1 aromatic rings. The van der Waals surface area contributed by atoms with E-state index in [1.165, 1.54) is 4.90 Å². The van der Waals surface area contributed by atoms with Gasteiger partial charge >= 0.3 is 5.97 Å².